The molecule has 1 aliphatic heterocycles. The van der Waals surface area contributed by atoms with Crippen molar-refractivity contribution in [1.29, 1.82) is 0 Å². The molecule has 6 nitrogen and oxygen atoms in total. The largest absolute Gasteiger partial charge is 0.416 e. The number of piperidine rings is 1. The van der Waals surface area contributed by atoms with Gasteiger partial charge in [-0.3, -0.25) is 9.59 Å². The zero-order chi connectivity index (χ0) is 50.8. The molecule has 0 N–H and O–H groups in total. The number of ether oxygens (including phenoxy) is 1. The van der Waals surface area contributed by atoms with Crippen LogP contribution in [0.3, 0.4) is 0 Å². The van der Waals surface area contributed by atoms with Crippen molar-refractivity contribution in [2.75, 3.05) is 33.4 Å². The molecule has 1 aliphatic rings. The SMILES string of the molecule is [2H]c1c([2H])c(F)c(F)c(CSc2c([2H])c(=O)c3c([2H])c([2H])c([2H])c([2H])c3n2CC(=O)N(Cc2c([2H])c([2H])c(-c3c([2H])c([2H])c(C(F)(F)F)c([2H])c3[2H])c([2H])c2[2H])C2CCN(CCOC)CC2)c1[2H]. The molecule has 2 heterocycles. The van der Waals surface area contributed by atoms with Crippen LogP contribution in [0.1, 0.15) is 51.5 Å². The van der Waals surface area contributed by atoms with Gasteiger partial charge in [0.1, 0.15) is 6.54 Å². The van der Waals surface area contributed by atoms with Crippen LogP contribution in [0.2, 0.25) is 0 Å². The van der Waals surface area contributed by atoms with E-state index in [2.05, 4.69) is 0 Å². The van der Waals surface area contributed by atoms with Crippen LogP contribution >= 0.6 is 11.8 Å². The third-order valence-electron chi connectivity index (χ3n) is 8.21. The molecule has 5 aromatic rings. The number of nitrogens with zero attached hydrogens (tertiary/aromatic N) is 3. The van der Waals surface area contributed by atoms with Gasteiger partial charge in [-0.15, -0.1) is 11.8 Å². The molecule has 1 saturated heterocycles. The van der Waals surface area contributed by atoms with Crippen molar-refractivity contribution >= 4 is 28.6 Å². The van der Waals surface area contributed by atoms with Gasteiger partial charge in [0, 0.05) is 62.1 Å². The smallest absolute Gasteiger partial charge is 0.383 e. The summed E-state index contributed by atoms with van der Waals surface area (Å²) >= 11 is 0.381. The Kier molecular flexibility index (Phi) is 6.91. The maximum atomic E-state index is 15.2. The highest BCUT2D eigenvalue weighted by Crippen LogP contribution is 2.32. The summed E-state index contributed by atoms with van der Waals surface area (Å²) in [6.45, 7) is -0.209. The lowest BCUT2D eigenvalue weighted by atomic mass is 10.00. The fraction of sp³-hybridized carbons (Fsp3) is 0.300. The van der Waals surface area contributed by atoms with Gasteiger partial charge in [0.25, 0.3) is 0 Å². The molecule has 0 radical (unpaired) electrons. The number of aromatic nitrogens is 1. The predicted molar refractivity (Wildman–Crippen MR) is 193 cm³/mol. The topological polar surface area (TPSA) is 54.8 Å². The van der Waals surface area contributed by atoms with Gasteiger partial charge in [-0.05, 0) is 59.7 Å². The first-order chi connectivity index (χ1) is 31.7. The Morgan fingerprint density at radius 1 is 0.942 bits per heavy atom. The standard InChI is InChI=1S/C40H38F5N3O3S/c1-51-22-21-46-19-17-32(18-20-46)47(24-27-9-11-28(12-10-27)29-13-15-31(16-14-29)40(43,44)45)37(50)25-48-35-8-3-2-6-33(35)36(49)23-38(48)52-26-30-5-4-7-34(41)39(30)42/h2-16,23,32H,17-22,24-26H2,1H3/i2D,3D,4D,5D,6D,7D,8D,9D,10D,11D,12D,13D,14D,15D,16D,23D. The average molecular weight is 752 g/mol. The normalized spacial score (nSPS) is 18.5. The zero-order valence-corrected chi connectivity index (χ0v) is 28.1. The van der Waals surface area contributed by atoms with E-state index in [1.807, 2.05) is 4.90 Å². The molecular weight excluding hydrogens is 698 g/mol. The van der Waals surface area contributed by atoms with Crippen LogP contribution in [0.4, 0.5) is 22.0 Å². The third kappa shape index (κ3) is 8.74. The fourth-order valence-corrected chi connectivity index (χ4v) is 6.48. The minimum atomic E-state index is -5.33. The number of amides is 1. The Morgan fingerprint density at radius 2 is 1.62 bits per heavy atom. The minimum Gasteiger partial charge on any atom is -0.383 e. The van der Waals surface area contributed by atoms with Crippen LogP contribution in [-0.4, -0.2) is 59.7 Å². The van der Waals surface area contributed by atoms with E-state index in [4.69, 9.17) is 26.7 Å². The zero-order valence-electron chi connectivity index (χ0n) is 43.3. The summed E-state index contributed by atoms with van der Waals surface area (Å²) in [7, 11) is 1.50. The summed E-state index contributed by atoms with van der Waals surface area (Å²) in [5, 5.41) is -1.27. The summed E-state index contributed by atoms with van der Waals surface area (Å²) < 4.78 is 212. The Hall–Kier alpha value is -4.52. The van der Waals surface area contributed by atoms with Crippen molar-refractivity contribution in [2.24, 2.45) is 0 Å². The molecule has 1 aromatic heterocycles. The number of para-hydroxylation sites is 1. The summed E-state index contributed by atoms with van der Waals surface area (Å²) in [4.78, 5) is 31.9. The van der Waals surface area contributed by atoms with Crippen LogP contribution < -0.4 is 5.43 Å². The van der Waals surface area contributed by atoms with Crippen molar-refractivity contribution in [3.8, 4) is 11.1 Å². The highest BCUT2D eigenvalue weighted by Gasteiger charge is 2.31. The highest BCUT2D eigenvalue weighted by atomic mass is 32.2. The van der Waals surface area contributed by atoms with Crippen LogP contribution in [0, 0.1) is 11.6 Å². The number of halogens is 5. The van der Waals surface area contributed by atoms with Gasteiger partial charge in [-0.2, -0.15) is 13.2 Å². The molecule has 4 aromatic carbocycles. The first-order valence-corrected chi connectivity index (χ1v) is 16.7. The van der Waals surface area contributed by atoms with E-state index in [0.717, 1.165) is 9.47 Å². The summed E-state index contributed by atoms with van der Waals surface area (Å²) in [6.07, 6.45) is -4.92. The lowest BCUT2D eigenvalue weighted by Gasteiger charge is -2.39. The van der Waals surface area contributed by atoms with E-state index in [9.17, 15) is 22.4 Å². The highest BCUT2D eigenvalue weighted by molar-refractivity contribution is 7.98. The second-order valence-corrected chi connectivity index (χ2v) is 12.5. The summed E-state index contributed by atoms with van der Waals surface area (Å²) in [6, 6.07) is -17.8. The number of alkyl halides is 3. The Balaban J connectivity index is 1.53. The Bertz CT molecular complexity index is 2890. The Labute approximate surface area is 325 Å². The van der Waals surface area contributed by atoms with Crippen LogP contribution in [0.25, 0.3) is 22.0 Å². The predicted octanol–water partition coefficient (Wildman–Crippen LogP) is 8.40. The molecule has 0 unspecified atom stereocenters. The molecule has 1 amide bonds. The first-order valence-electron chi connectivity index (χ1n) is 23.7. The molecule has 6 rings (SSSR count). The van der Waals surface area contributed by atoms with E-state index in [1.54, 1.807) is 0 Å². The first kappa shape index (κ1) is 21.9. The molecule has 0 atom stereocenters. The van der Waals surface area contributed by atoms with Crippen molar-refractivity contribution < 1.29 is 53.4 Å². The minimum absolute atomic E-state index is 0.207. The van der Waals surface area contributed by atoms with Gasteiger partial charge >= 0.3 is 6.18 Å². The molecule has 0 spiro atoms. The van der Waals surface area contributed by atoms with Crippen molar-refractivity contribution in [3.63, 3.8) is 0 Å². The molecule has 0 saturated carbocycles. The lowest BCUT2D eigenvalue weighted by Crippen LogP contribution is -2.48. The lowest BCUT2D eigenvalue weighted by molar-refractivity contribution is -0.137. The van der Waals surface area contributed by atoms with Gasteiger partial charge in [0.15, 0.2) is 17.1 Å². The van der Waals surface area contributed by atoms with Crippen molar-refractivity contribution in [1.82, 2.24) is 14.4 Å². The number of thioether (sulfide) groups is 1. The van der Waals surface area contributed by atoms with Gasteiger partial charge in [-0.1, -0.05) is 60.4 Å². The van der Waals surface area contributed by atoms with Crippen molar-refractivity contribution in [2.45, 2.75) is 48.9 Å². The number of rotatable bonds is 12. The second kappa shape index (κ2) is 16.4. The van der Waals surface area contributed by atoms with Crippen molar-refractivity contribution in [3.05, 3.63) is 135 Å². The molecule has 52 heavy (non-hydrogen) atoms. The molecule has 1 fully saturated rings. The number of pyridine rings is 1. The maximum Gasteiger partial charge on any atom is 0.416 e. The van der Waals surface area contributed by atoms with Crippen LogP contribution in [0.5, 0.6) is 0 Å². The monoisotopic (exact) mass is 751 g/mol. The average Bonchev–Trinajstić information content (AvgIpc) is 3.29. The summed E-state index contributed by atoms with van der Waals surface area (Å²) in [5.74, 6) is -5.22. The third-order valence-corrected chi connectivity index (χ3v) is 9.24. The summed E-state index contributed by atoms with van der Waals surface area (Å²) in [5.41, 5.74) is -6.83. The molecular formula is C40H38F5N3O3S. The molecule has 272 valence electrons. The second-order valence-electron chi connectivity index (χ2n) is 11.5. The van der Waals surface area contributed by atoms with Gasteiger partial charge < -0.3 is 19.1 Å². The van der Waals surface area contributed by atoms with E-state index in [-0.39, 0.29) is 12.8 Å². The quantitative estimate of drug-likeness (QED) is 0.0948. The number of methoxy groups -OCH3 is 1. The van der Waals surface area contributed by atoms with Crippen LogP contribution in [0.15, 0.2) is 106 Å². The number of hydrogen-bond donors (Lipinski definition) is 0. The molecule has 12 heteroatoms. The van der Waals surface area contributed by atoms with E-state index < -0.39 is 194 Å². The van der Waals surface area contributed by atoms with E-state index in [0.29, 0.717) is 38.0 Å². The van der Waals surface area contributed by atoms with E-state index in [1.165, 1.54) is 7.11 Å². The number of likely N-dealkylation sites (tertiary alicyclic amines) is 1. The number of hydrogen-bond acceptors (Lipinski definition) is 5. The van der Waals surface area contributed by atoms with Gasteiger partial charge in [0.05, 0.1) is 44.6 Å². The number of carbonyl (C=O) groups excluding carboxylic acids is 1. The van der Waals surface area contributed by atoms with E-state index >= 15 is 9.18 Å². The number of carbonyl (C=O) groups is 1. The molecule has 0 aliphatic carbocycles. The molecule has 0 bridgehead atoms. The van der Waals surface area contributed by atoms with Gasteiger partial charge in [-0.25, -0.2) is 8.78 Å². The van der Waals surface area contributed by atoms with Gasteiger partial charge in [0.2, 0.25) is 5.91 Å². The fourth-order valence-electron chi connectivity index (χ4n) is 5.52. The number of benzene rings is 4. The van der Waals surface area contributed by atoms with Crippen LogP contribution in [-0.2, 0) is 34.6 Å². The Morgan fingerprint density at radius 3 is 2.29 bits per heavy atom. The maximum absolute atomic E-state index is 15.2. The number of fused-ring (bicyclic) bond motifs is 1.